The summed E-state index contributed by atoms with van der Waals surface area (Å²) in [5.74, 6) is 0.511. The summed E-state index contributed by atoms with van der Waals surface area (Å²) in [6.07, 6.45) is 3.21. The molecule has 0 spiro atoms. The Morgan fingerprint density at radius 3 is 2.53 bits per heavy atom. The van der Waals surface area contributed by atoms with Crippen LogP contribution in [0.3, 0.4) is 0 Å². The first-order valence-corrected chi connectivity index (χ1v) is 10.5. The highest BCUT2D eigenvalue weighted by atomic mass is 35.5. The lowest BCUT2D eigenvalue weighted by atomic mass is 9.78. The average Bonchev–Trinajstić information content (AvgIpc) is 3.25. The van der Waals surface area contributed by atoms with Gasteiger partial charge in [0.1, 0.15) is 13.2 Å². The molecule has 0 aromatic heterocycles. The van der Waals surface area contributed by atoms with Crippen molar-refractivity contribution in [1.29, 1.82) is 0 Å². The van der Waals surface area contributed by atoms with Crippen molar-refractivity contribution in [1.82, 2.24) is 0 Å². The van der Waals surface area contributed by atoms with Gasteiger partial charge in [0.2, 0.25) is 0 Å². The Morgan fingerprint density at radius 1 is 1.07 bits per heavy atom. The average molecular weight is 430 g/mol. The molecule has 6 nitrogen and oxygen atoms in total. The van der Waals surface area contributed by atoms with Crippen LogP contribution in [0.2, 0.25) is 5.02 Å². The van der Waals surface area contributed by atoms with E-state index in [2.05, 4.69) is 5.32 Å². The molecule has 30 heavy (non-hydrogen) atoms. The zero-order valence-electron chi connectivity index (χ0n) is 16.8. The molecule has 0 saturated heterocycles. The maximum absolute atomic E-state index is 13.1. The van der Waals surface area contributed by atoms with Crippen molar-refractivity contribution in [3.8, 4) is 11.5 Å². The predicted molar refractivity (Wildman–Crippen MR) is 113 cm³/mol. The fourth-order valence-corrected chi connectivity index (χ4v) is 4.39. The number of carbonyl (C=O) groups is 2. The van der Waals surface area contributed by atoms with E-state index in [9.17, 15) is 9.59 Å². The molecule has 0 bridgehead atoms. The molecule has 0 atom stereocenters. The van der Waals surface area contributed by atoms with E-state index in [-0.39, 0.29) is 12.6 Å². The molecule has 7 heteroatoms. The van der Waals surface area contributed by atoms with E-state index < -0.39 is 11.3 Å². The minimum Gasteiger partial charge on any atom is -0.486 e. The number of amides is 1. The van der Waals surface area contributed by atoms with Gasteiger partial charge in [-0.15, -0.1) is 0 Å². The molecule has 4 rings (SSSR count). The molecule has 1 N–H and O–H groups in total. The molecule has 158 valence electrons. The Bertz CT molecular complexity index is 968. The second-order valence-corrected chi connectivity index (χ2v) is 8.16. The summed E-state index contributed by atoms with van der Waals surface area (Å²) in [4.78, 5) is 25.4. The van der Waals surface area contributed by atoms with Crippen LogP contribution in [0, 0.1) is 6.92 Å². The third-order valence-electron chi connectivity index (χ3n) is 5.68. The monoisotopic (exact) mass is 429 g/mol. The smallest absolute Gasteiger partial charge is 0.317 e. The molecule has 1 fully saturated rings. The Labute approximate surface area is 180 Å². The number of anilines is 1. The third-order valence-corrected chi connectivity index (χ3v) is 5.99. The summed E-state index contributed by atoms with van der Waals surface area (Å²) in [6, 6.07) is 10.9. The fraction of sp³-hybridized carbons (Fsp3) is 0.391. The second kappa shape index (κ2) is 8.56. The lowest BCUT2D eigenvalue weighted by Crippen LogP contribution is -2.36. The molecule has 1 aliphatic heterocycles. The number of fused-ring (bicyclic) bond motifs is 1. The number of benzene rings is 2. The summed E-state index contributed by atoms with van der Waals surface area (Å²) < 4.78 is 16.7. The van der Waals surface area contributed by atoms with Crippen molar-refractivity contribution in [3.63, 3.8) is 0 Å². The molecule has 2 aromatic carbocycles. The number of ether oxygens (including phenoxy) is 3. The van der Waals surface area contributed by atoms with E-state index in [1.807, 2.05) is 31.2 Å². The first kappa shape index (κ1) is 20.5. The zero-order valence-corrected chi connectivity index (χ0v) is 17.6. The molecule has 0 radical (unpaired) electrons. The Morgan fingerprint density at radius 2 is 1.80 bits per heavy atom. The standard InChI is InChI=1S/C23H24ClNO5/c1-15-4-6-18(17(24)12-15)25-21(26)14-30-22(27)23(8-2-3-9-23)16-5-7-19-20(13-16)29-11-10-28-19/h4-7,12-13H,2-3,8-11,14H2,1H3,(H,25,26). The summed E-state index contributed by atoms with van der Waals surface area (Å²) in [5, 5.41) is 3.13. The molecular formula is C23H24ClNO5. The number of aryl methyl sites for hydroxylation is 1. The topological polar surface area (TPSA) is 73.9 Å². The van der Waals surface area contributed by atoms with Gasteiger partial charge in [-0.1, -0.05) is 36.6 Å². The highest BCUT2D eigenvalue weighted by molar-refractivity contribution is 6.33. The lowest BCUT2D eigenvalue weighted by Gasteiger charge is -2.28. The van der Waals surface area contributed by atoms with Crippen LogP contribution >= 0.6 is 11.6 Å². The van der Waals surface area contributed by atoms with Crippen LogP contribution in [-0.4, -0.2) is 31.7 Å². The molecule has 1 saturated carbocycles. The largest absolute Gasteiger partial charge is 0.486 e. The quantitative estimate of drug-likeness (QED) is 0.712. The van der Waals surface area contributed by atoms with E-state index in [1.54, 1.807) is 12.1 Å². The van der Waals surface area contributed by atoms with Gasteiger partial charge in [-0.2, -0.15) is 0 Å². The number of hydrogen-bond donors (Lipinski definition) is 1. The molecular weight excluding hydrogens is 406 g/mol. The van der Waals surface area contributed by atoms with Crippen molar-refractivity contribution in [2.75, 3.05) is 25.1 Å². The molecule has 1 heterocycles. The fourth-order valence-electron chi connectivity index (χ4n) is 4.11. The van der Waals surface area contributed by atoms with Crippen molar-refractivity contribution >= 4 is 29.2 Å². The van der Waals surface area contributed by atoms with E-state index in [4.69, 9.17) is 25.8 Å². The molecule has 0 unspecified atom stereocenters. The van der Waals surface area contributed by atoms with Crippen LogP contribution in [0.5, 0.6) is 11.5 Å². The number of halogens is 1. The Hall–Kier alpha value is -2.73. The van der Waals surface area contributed by atoms with E-state index >= 15 is 0 Å². The number of rotatable bonds is 5. The van der Waals surface area contributed by atoms with Gasteiger partial charge in [0.05, 0.1) is 16.1 Å². The van der Waals surface area contributed by atoms with Gasteiger partial charge < -0.3 is 19.5 Å². The molecule has 2 aliphatic rings. The summed E-state index contributed by atoms with van der Waals surface area (Å²) >= 11 is 6.16. The minimum atomic E-state index is -0.766. The van der Waals surface area contributed by atoms with Crippen LogP contribution in [0.1, 0.15) is 36.8 Å². The van der Waals surface area contributed by atoms with Crippen LogP contribution < -0.4 is 14.8 Å². The van der Waals surface area contributed by atoms with Gasteiger partial charge in [-0.3, -0.25) is 9.59 Å². The van der Waals surface area contributed by atoms with Crippen molar-refractivity contribution in [2.45, 2.75) is 38.0 Å². The number of carbonyl (C=O) groups excluding carboxylic acids is 2. The summed E-state index contributed by atoms with van der Waals surface area (Å²) in [6.45, 7) is 2.54. The van der Waals surface area contributed by atoms with Gasteiger partial charge in [0.15, 0.2) is 18.1 Å². The van der Waals surface area contributed by atoms with E-state index in [0.717, 1.165) is 24.0 Å². The molecule has 2 aromatic rings. The number of esters is 1. The third kappa shape index (κ3) is 4.10. The zero-order chi connectivity index (χ0) is 21.1. The maximum atomic E-state index is 13.1. The molecule has 1 aliphatic carbocycles. The van der Waals surface area contributed by atoms with Gasteiger partial charge in [-0.05, 0) is 55.2 Å². The predicted octanol–water partition coefficient (Wildman–Crippen LogP) is 4.41. The summed E-state index contributed by atoms with van der Waals surface area (Å²) in [7, 11) is 0. The van der Waals surface area contributed by atoms with E-state index in [0.29, 0.717) is 48.3 Å². The van der Waals surface area contributed by atoms with Crippen molar-refractivity contribution < 1.29 is 23.8 Å². The first-order valence-electron chi connectivity index (χ1n) is 10.1. The van der Waals surface area contributed by atoms with Gasteiger partial charge in [-0.25, -0.2) is 0 Å². The second-order valence-electron chi connectivity index (χ2n) is 7.76. The van der Waals surface area contributed by atoms with Gasteiger partial charge >= 0.3 is 5.97 Å². The minimum absolute atomic E-state index is 0.366. The summed E-state index contributed by atoms with van der Waals surface area (Å²) in [5.41, 5.74) is 1.56. The Balaban J connectivity index is 1.45. The normalized spacial score (nSPS) is 16.7. The first-order chi connectivity index (χ1) is 14.5. The SMILES string of the molecule is Cc1ccc(NC(=O)COC(=O)C2(c3ccc4c(c3)OCCO4)CCCC2)c(Cl)c1. The van der Waals surface area contributed by atoms with E-state index in [1.165, 1.54) is 0 Å². The van der Waals surface area contributed by atoms with Crippen LogP contribution in [0.25, 0.3) is 0 Å². The number of hydrogen-bond acceptors (Lipinski definition) is 5. The van der Waals surface area contributed by atoms with Crippen LogP contribution in [0.4, 0.5) is 5.69 Å². The highest BCUT2D eigenvalue weighted by Crippen LogP contribution is 2.45. The highest BCUT2D eigenvalue weighted by Gasteiger charge is 2.45. The van der Waals surface area contributed by atoms with Crippen molar-refractivity contribution in [2.24, 2.45) is 0 Å². The number of nitrogens with one attached hydrogen (secondary N) is 1. The van der Waals surface area contributed by atoms with Crippen LogP contribution in [-0.2, 0) is 19.7 Å². The van der Waals surface area contributed by atoms with Crippen LogP contribution in [0.15, 0.2) is 36.4 Å². The maximum Gasteiger partial charge on any atom is 0.317 e. The lowest BCUT2D eigenvalue weighted by molar-refractivity contribution is -0.153. The molecule has 1 amide bonds. The van der Waals surface area contributed by atoms with Gasteiger partial charge in [0, 0.05) is 0 Å². The van der Waals surface area contributed by atoms with Gasteiger partial charge in [0.25, 0.3) is 5.91 Å². The van der Waals surface area contributed by atoms with Crippen molar-refractivity contribution in [3.05, 3.63) is 52.5 Å². The Kier molecular flexibility index (Phi) is 5.86.